The van der Waals surface area contributed by atoms with Crippen molar-refractivity contribution in [1.29, 1.82) is 0 Å². The number of nitrogens with two attached hydrogens (primary N) is 1. The molecular weight excluding hydrogens is 226 g/mol. The highest BCUT2D eigenvalue weighted by Gasteiger charge is 2.61. The third-order valence-corrected chi connectivity index (χ3v) is 5.75. The van der Waals surface area contributed by atoms with Gasteiger partial charge in [0, 0.05) is 11.6 Å². The van der Waals surface area contributed by atoms with Gasteiger partial charge >= 0.3 is 6.03 Å². The van der Waals surface area contributed by atoms with Gasteiger partial charge in [-0.25, -0.2) is 10.2 Å². The van der Waals surface area contributed by atoms with Crippen LogP contribution in [0.1, 0.15) is 53.4 Å². The summed E-state index contributed by atoms with van der Waals surface area (Å²) in [5.74, 6) is 1.20. The largest absolute Gasteiger partial charge is 0.350 e. The van der Waals surface area contributed by atoms with Gasteiger partial charge in [0.25, 0.3) is 0 Å². The van der Waals surface area contributed by atoms with Gasteiger partial charge in [0.1, 0.15) is 0 Å². The molecule has 2 rings (SSSR count). The van der Waals surface area contributed by atoms with Crippen LogP contribution in [0.5, 0.6) is 0 Å². The van der Waals surface area contributed by atoms with Gasteiger partial charge in [0.2, 0.25) is 0 Å². The summed E-state index contributed by atoms with van der Waals surface area (Å²) in [5.41, 5.74) is 9.40. The highest BCUT2D eigenvalue weighted by Crippen LogP contribution is 2.67. The first-order chi connectivity index (χ1) is 8.32. The quantitative estimate of drug-likeness (QED) is 0.588. The predicted molar refractivity (Wildman–Crippen MR) is 73.2 cm³/mol. The second kappa shape index (κ2) is 4.25. The lowest BCUT2D eigenvalue weighted by Gasteiger charge is -2.34. The Bertz CT molecular complexity index is 386. The molecule has 2 aliphatic rings. The molecule has 4 heteroatoms. The highest BCUT2D eigenvalue weighted by atomic mass is 16.2. The van der Waals surface area contributed by atoms with E-state index in [4.69, 9.17) is 5.73 Å². The fourth-order valence-corrected chi connectivity index (χ4v) is 4.20. The van der Waals surface area contributed by atoms with Crippen LogP contribution in [-0.4, -0.2) is 11.7 Å². The molecule has 18 heavy (non-hydrogen) atoms. The monoisotopic (exact) mass is 251 g/mol. The number of hydrogen-bond donors (Lipinski definition) is 2. The van der Waals surface area contributed by atoms with E-state index in [2.05, 4.69) is 38.2 Å². The number of carbonyl (C=O) groups excluding carboxylic acids is 1. The van der Waals surface area contributed by atoms with Crippen molar-refractivity contribution < 1.29 is 4.79 Å². The Morgan fingerprint density at radius 3 is 2.50 bits per heavy atom. The van der Waals surface area contributed by atoms with Gasteiger partial charge in [-0.15, -0.1) is 0 Å². The third kappa shape index (κ3) is 1.82. The van der Waals surface area contributed by atoms with Crippen molar-refractivity contribution in [3.63, 3.8) is 0 Å². The number of primary amides is 1. The van der Waals surface area contributed by atoms with E-state index in [-0.39, 0.29) is 0 Å². The summed E-state index contributed by atoms with van der Waals surface area (Å²) in [5, 5.41) is 4.23. The first-order valence-electron chi connectivity index (χ1n) is 6.93. The fourth-order valence-electron chi connectivity index (χ4n) is 4.20. The summed E-state index contributed by atoms with van der Waals surface area (Å²) in [6.45, 7) is 9.28. The molecule has 102 valence electrons. The maximum absolute atomic E-state index is 10.8. The molecule has 0 aromatic heterocycles. The number of hydrazone groups is 1. The van der Waals surface area contributed by atoms with Crippen molar-refractivity contribution in [2.75, 3.05) is 0 Å². The first-order valence-corrected chi connectivity index (χ1v) is 6.93. The van der Waals surface area contributed by atoms with Crippen LogP contribution in [-0.2, 0) is 0 Å². The summed E-state index contributed by atoms with van der Waals surface area (Å²) in [6.07, 6.45) is 4.68. The number of urea groups is 1. The molecule has 0 saturated heterocycles. The van der Waals surface area contributed by atoms with Crippen LogP contribution >= 0.6 is 0 Å². The molecule has 0 aromatic rings. The van der Waals surface area contributed by atoms with Crippen molar-refractivity contribution >= 4 is 11.7 Å². The molecular formula is C14H25N3O. The van der Waals surface area contributed by atoms with E-state index in [1.54, 1.807) is 0 Å². The SMILES string of the molecule is CC/C(=N\NC(N)=O)C1CC2(C)CCC1C2(C)C. The summed E-state index contributed by atoms with van der Waals surface area (Å²) in [4.78, 5) is 10.8. The lowest BCUT2D eigenvalue weighted by molar-refractivity contribution is 0.152. The molecule has 2 fully saturated rings. The normalized spacial score (nSPS) is 37.9. The van der Waals surface area contributed by atoms with Gasteiger partial charge in [-0.1, -0.05) is 27.7 Å². The number of amides is 2. The average Bonchev–Trinajstić information content (AvgIpc) is 2.61. The molecule has 3 N–H and O–H groups in total. The Morgan fingerprint density at radius 1 is 1.44 bits per heavy atom. The molecule has 3 unspecified atom stereocenters. The standard InChI is InChI=1S/C14H25N3O/c1-5-11(16-17-12(15)18)9-8-14(4)7-6-10(9)13(14,2)3/h9-10H,5-8H2,1-4H3,(H3,15,17,18)/b16-11+. The molecule has 2 bridgehead atoms. The van der Waals surface area contributed by atoms with E-state index in [0.29, 0.717) is 22.7 Å². The van der Waals surface area contributed by atoms with E-state index < -0.39 is 6.03 Å². The van der Waals surface area contributed by atoms with Crippen LogP contribution in [0.15, 0.2) is 5.10 Å². The summed E-state index contributed by atoms with van der Waals surface area (Å²) < 4.78 is 0. The summed E-state index contributed by atoms with van der Waals surface area (Å²) in [7, 11) is 0. The van der Waals surface area contributed by atoms with Crippen molar-refractivity contribution in [3.8, 4) is 0 Å². The Kier molecular flexibility index (Phi) is 3.16. The van der Waals surface area contributed by atoms with Gasteiger partial charge < -0.3 is 5.73 Å². The molecule has 0 heterocycles. The number of hydrogen-bond acceptors (Lipinski definition) is 2. The second-order valence-corrected chi connectivity index (χ2v) is 6.67. The Hall–Kier alpha value is -1.06. The van der Waals surface area contributed by atoms with Gasteiger partial charge in [-0.3, -0.25) is 0 Å². The number of nitrogens with zero attached hydrogens (tertiary/aromatic N) is 1. The van der Waals surface area contributed by atoms with Gasteiger partial charge in [-0.05, 0) is 42.4 Å². The molecule has 0 spiro atoms. The molecule has 0 radical (unpaired) electrons. The molecule has 4 nitrogen and oxygen atoms in total. The van der Waals surface area contributed by atoms with Crippen molar-refractivity contribution in [3.05, 3.63) is 0 Å². The summed E-state index contributed by atoms with van der Waals surface area (Å²) in [6, 6.07) is -0.574. The van der Waals surface area contributed by atoms with Crippen molar-refractivity contribution in [1.82, 2.24) is 5.43 Å². The van der Waals surface area contributed by atoms with E-state index in [1.165, 1.54) is 19.3 Å². The lowest BCUT2D eigenvalue weighted by atomic mass is 9.71. The average molecular weight is 251 g/mol. The number of carbonyl (C=O) groups is 1. The van der Waals surface area contributed by atoms with Crippen LogP contribution in [0.3, 0.4) is 0 Å². The van der Waals surface area contributed by atoms with Gasteiger partial charge in [0.15, 0.2) is 0 Å². The zero-order valence-electron chi connectivity index (χ0n) is 11.9. The number of nitrogens with one attached hydrogen (secondary N) is 1. The fraction of sp³-hybridized carbons (Fsp3) is 0.857. The molecule has 2 saturated carbocycles. The van der Waals surface area contributed by atoms with Gasteiger partial charge in [0.05, 0.1) is 0 Å². The zero-order valence-corrected chi connectivity index (χ0v) is 11.9. The molecule has 2 aliphatic carbocycles. The van der Waals surface area contributed by atoms with Crippen LogP contribution in [0.2, 0.25) is 0 Å². The minimum absolute atomic E-state index is 0.375. The van der Waals surface area contributed by atoms with E-state index >= 15 is 0 Å². The lowest BCUT2D eigenvalue weighted by Crippen LogP contribution is -2.30. The van der Waals surface area contributed by atoms with Crippen molar-refractivity contribution in [2.24, 2.45) is 33.5 Å². The Labute approximate surface area is 109 Å². The first kappa shape index (κ1) is 13.4. The van der Waals surface area contributed by atoms with Crippen LogP contribution < -0.4 is 11.2 Å². The molecule has 2 amide bonds. The molecule has 0 aliphatic heterocycles. The predicted octanol–water partition coefficient (Wildman–Crippen LogP) is 2.88. The van der Waals surface area contributed by atoms with Crippen LogP contribution in [0.4, 0.5) is 4.79 Å². The van der Waals surface area contributed by atoms with E-state index in [9.17, 15) is 4.79 Å². The maximum atomic E-state index is 10.8. The molecule has 3 atom stereocenters. The van der Waals surface area contributed by atoms with Crippen LogP contribution in [0.25, 0.3) is 0 Å². The maximum Gasteiger partial charge on any atom is 0.332 e. The second-order valence-electron chi connectivity index (χ2n) is 6.67. The molecule has 0 aromatic carbocycles. The minimum atomic E-state index is -0.574. The van der Waals surface area contributed by atoms with Crippen molar-refractivity contribution in [2.45, 2.75) is 53.4 Å². The highest BCUT2D eigenvalue weighted by molar-refractivity contribution is 5.88. The Balaban J connectivity index is 2.21. The van der Waals surface area contributed by atoms with Crippen LogP contribution in [0, 0.1) is 22.7 Å². The van der Waals surface area contributed by atoms with E-state index in [0.717, 1.165) is 12.1 Å². The van der Waals surface area contributed by atoms with Gasteiger partial charge in [-0.2, -0.15) is 5.10 Å². The number of rotatable bonds is 3. The smallest absolute Gasteiger partial charge is 0.332 e. The third-order valence-electron chi connectivity index (χ3n) is 5.75. The topological polar surface area (TPSA) is 67.5 Å². The Morgan fingerprint density at radius 2 is 2.11 bits per heavy atom. The zero-order chi connectivity index (χ0) is 13.6. The van der Waals surface area contributed by atoms with E-state index in [1.807, 2.05) is 0 Å². The number of fused-ring (bicyclic) bond motifs is 2. The summed E-state index contributed by atoms with van der Waals surface area (Å²) >= 11 is 0. The minimum Gasteiger partial charge on any atom is -0.350 e.